The van der Waals surface area contributed by atoms with E-state index in [0.29, 0.717) is 23.0 Å². The normalized spacial score (nSPS) is 12.5. The average molecular weight is 349 g/mol. The molecule has 1 aromatic carbocycles. The highest BCUT2D eigenvalue weighted by atomic mass is 19.3. The van der Waals surface area contributed by atoms with Gasteiger partial charge in [-0.1, -0.05) is 25.1 Å². The van der Waals surface area contributed by atoms with E-state index < -0.39 is 6.61 Å². The van der Waals surface area contributed by atoms with Crippen LogP contribution in [0.3, 0.4) is 0 Å². The molecule has 25 heavy (non-hydrogen) atoms. The molecule has 0 unspecified atom stereocenters. The van der Waals surface area contributed by atoms with Crippen LogP contribution in [0.1, 0.15) is 24.9 Å². The first-order valence-corrected chi connectivity index (χ1v) is 7.72. The van der Waals surface area contributed by atoms with Gasteiger partial charge in [-0.3, -0.25) is 14.5 Å². The number of para-hydroxylation sites is 1. The molecule has 0 amide bonds. The number of anilines is 1. The fourth-order valence-corrected chi connectivity index (χ4v) is 2.64. The van der Waals surface area contributed by atoms with Crippen molar-refractivity contribution in [2.24, 2.45) is 7.05 Å². The van der Waals surface area contributed by atoms with Crippen molar-refractivity contribution in [3.63, 3.8) is 0 Å². The molecule has 0 spiro atoms. The maximum Gasteiger partial charge on any atom is 0.387 e. The minimum Gasteiger partial charge on any atom is -0.434 e. The molecule has 1 atom stereocenters. The fraction of sp³-hybridized carbons (Fsp3) is 0.312. The van der Waals surface area contributed by atoms with Gasteiger partial charge in [0.05, 0.1) is 12.2 Å². The molecule has 7 nitrogen and oxygen atoms in total. The summed E-state index contributed by atoms with van der Waals surface area (Å²) in [5.41, 5.74) is 0.656. The summed E-state index contributed by atoms with van der Waals surface area (Å²) in [5, 5.41) is 7.46. The third-order valence-electron chi connectivity index (χ3n) is 3.83. The highest BCUT2D eigenvalue weighted by Crippen LogP contribution is 2.30. The Morgan fingerprint density at radius 3 is 2.84 bits per heavy atom. The molecular formula is C16H17F2N5O2. The molecule has 0 fully saturated rings. The van der Waals surface area contributed by atoms with E-state index >= 15 is 0 Å². The van der Waals surface area contributed by atoms with Gasteiger partial charge in [-0.2, -0.15) is 18.9 Å². The van der Waals surface area contributed by atoms with Crippen LogP contribution in [-0.4, -0.2) is 26.4 Å². The van der Waals surface area contributed by atoms with E-state index in [9.17, 15) is 13.6 Å². The average Bonchev–Trinajstić information content (AvgIpc) is 2.95. The van der Waals surface area contributed by atoms with Crippen LogP contribution in [0.25, 0.3) is 11.0 Å². The van der Waals surface area contributed by atoms with Gasteiger partial charge in [0.1, 0.15) is 11.1 Å². The third kappa shape index (κ3) is 3.44. The van der Waals surface area contributed by atoms with E-state index in [1.807, 2.05) is 6.92 Å². The van der Waals surface area contributed by atoms with Gasteiger partial charge in [0, 0.05) is 12.6 Å². The maximum atomic E-state index is 12.6. The van der Waals surface area contributed by atoms with E-state index in [4.69, 9.17) is 0 Å². The number of fused-ring (bicyclic) bond motifs is 1. The second-order valence-corrected chi connectivity index (χ2v) is 5.44. The van der Waals surface area contributed by atoms with Crippen molar-refractivity contribution in [3.05, 3.63) is 46.4 Å². The first kappa shape index (κ1) is 16.9. The summed E-state index contributed by atoms with van der Waals surface area (Å²) in [6, 6.07) is 6.16. The van der Waals surface area contributed by atoms with Gasteiger partial charge in [-0.15, -0.1) is 0 Å². The number of alkyl halides is 2. The van der Waals surface area contributed by atoms with Gasteiger partial charge in [0.15, 0.2) is 5.65 Å². The maximum absolute atomic E-state index is 12.6. The quantitative estimate of drug-likeness (QED) is 0.715. The molecule has 0 radical (unpaired) electrons. The van der Waals surface area contributed by atoms with Gasteiger partial charge < -0.3 is 10.1 Å². The largest absolute Gasteiger partial charge is 0.434 e. The Morgan fingerprint density at radius 2 is 2.12 bits per heavy atom. The number of aromatic amines is 1. The van der Waals surface area contributed by atoms with E-state index in [-0.39, 0.29) is 23.3 Å². The lowest BCUT2D eigenvalue weighted by atomic mass is 10.0. The third-order valence-corrected chi connectivity index (χ3v) is 3.83. The van der Waals surface area contributed by atoms with E-state index in [2.05, 4.69) is 25.1 Å². The zero-order valence-electron chi connectivity index (χ0n) is 13.7. The number of halogens is 2. The summed E-state index contributed by atoms with van der Waals surface area (Å²) in [6.45, 7) is -1.03. The van der Waals surface area contributed by atoms with Crippen LogP contribution < -0.4 is 15.6 Å². The molecule has 0 aliphatic carbocycles. The Kier molecular flexibility index (Phi) is 4.64. The summed E-state index contributed by atoms with van der Waals surface area (Å²) in [5.74, 6) is 0.320. The van der Waals surface area contributed by atoms with E-state index in [0.717, 1.165) is 0 Å². The van der Waals surface area contributed by atoms with Gasteiger partial charge in [-0.25, -0.2) is 0 Å². The minimum atomic E-state index is -2.91. The van der Waals surface area contributed by atoms with Crippen LogP contribution in [0.2, 0.25) is 0 Å². The van der Waals surface area contributed by atoms with Crippen LogP contribution >= 0.6 is 0 Å². The molecule has 9 heteroatoms. The zero-order chi connectivity index (χ0) is 18.0. The minimum absolute atomic E-state index is 0.0841. The number of nitrogens with zero attached hydrogens (tertiary/aromatic N) is 3. The molecule has 3 rings (SSSR count). The van der Waals surface area contributed by atoms with Crippen molar-refractivity contribution in [1.82, 2.24) is 19.7 Å². The topological polar surface area (TPSA) is 84.8 Å². The number of aryl methyl sites for hydroxylation is 1. The predicted molar refractivity (Wildman–Crippen MR) is 88.9 cm³/mol. The molecule has 0 aliphatic rings. The molecular weight excluding hydrogens is 332 g/mol. The molecule has 0 bridgehead atoms. The first-order valence-electron chi connectivity index (χ1n) is 7.72. The van der Waals surface area contributed by atoms with E-state index in [1.54, 1.807) is 25.2 Å². The Bertz CT molecular complexity index is 938. The Labute approximate surface area is 141 Å². The number of benzene rings is 1. The van der Waals surface area contributed by atoms with Crippen LogP contribution in [0.4, 0.5) is 14.7 Å². The highest BCUT2D eigenvalue weighted by molar-refractivity contribution is 5.74. The number of rotatable bonds is 6. The van der Waals surface area contributed by atoms with Crippen molar-refractivity contribution in [3.8, 4) is 5.75 Å². The van der Waals surface area contributed by atoms with E-state index in [1.165, 1.54) is 16.9 Å². The fourth-order valence-electron chi connectivity index (χ4n) is 2.64. The molecule has 2 N–H and O–H groups in total. The Morgan fingerprint density at radius 1 is 1.36 bits per heavy atom. The molecule has 0 aliphatic heterocycles. The van der Waals surface area contributed by atoms with Crippen molar-refractivity contribution in [1.29, 1.82) is 0 Å². The number of hydrogen-bond acceptors (Lipinski definition) is 5. The number of nitrogens with one attached hydrogen (secondary N) is 2. The van der Waals surface area contributed by atoms with Crippen LogP contribution in [0.5, 0.6) is 5.75 Å². The lowest BCUT2D eigenvalue weighted by Crippen LogP contribution is -2.18. The summed E-state index contributed by atoms with van der Waals surface area (Å²) in [4.78, 5) is 19.1. The number of aromatic nitrogens is 4. The summed E-state index contributed by atoms with van der Waals surface area (Å²) >= 11 is 0. The first-order chi connectivity index (χ1) is 12.0. The number of hydrogen-bond donors (Lipinski definition) is 2. The van der Waals surface area contributed by atoms with Crippen LogP contribution in [-0.2, 0) is 7.05 Å². The molecule has 2 heterocycles. The smallest absolute Gasteiger partial charge is 0.387 e. The van der Waals surface area contributed by atoms with Gasteiger partial charge >= 0.3 is 6.61 Å². The summed E-state index contributed by atoms with van der Waals surface area (Å²) in [6.07, 6.45) is 2.00. The SMILES string of the molecule is CC[C@H](Nc1nc2c(cnn2C)c(=O)[nH]1)c1ccccc1OC(F)F. The van der Waals surface area contributed by atoms with Crippen LogP contribution in [0.15, 0.2) is 35.3 Å². The molecule has 0 saturated carbocycles. The second-order valence-electron chi connectivity index (χ2n) is 5.44. The van der Waals surface area contributed by atoms with Gasteiger partial charge in [0.2, 0.25) is 5.95 Å². The van der Waals surface area contributed by atoms with Crippen molar-refractivity contribution in [2.75, 3.05) is 5.32 Å². The van der Waals surface area contributed by atoms with Crippen molar-refractivity contribution in [2.45, 2.75) is 26.0 Å². The predicted octanol–water partition coefficient (Wildman–Crippen LogP) is 2.82. The summed E-state index contributed by atoms with van der Waals surface area (Å²) in [7, 11) is 1.68. The zero-order valence-corrected chi connectivity index (χ0v) is 13.7. The molecule has 2 aromatic heterocycles. The number of ether oxygens (including phenoxy) is 1. The Hall–Kier alpha value is -2.97. The molecule has 132 valence electrons. The second kappa shape index (κ2) is 6.88. The van der Waals surface area contributed by atoms with Crippen molar-refractivity contribution >= 4 is 17.0 Å². The summed E-state index contributed by atoms with van der Waals surface area (Å²) < 4.78 is 31.3. The number of H-pyrrole nitrogens is 1. The molecule has 3 aromatic rings. The lowest BCUT2D eigenvalue weighted by Gasteiger charge is -2.20. The monoisotopic (exact) mass is 349 g/mol. The van der Waals surface area contributed by atoms with Gasteiger partial charge in [0.25, 0.3) is 5.56 Å². The lowest BCUT2D eigenvalue weighted by molar-refractivity contribution is -0.0505. The van der Waals surface area contributed by atoms with Crippen molar-refractivity contribution < 1.29 is 13.5 Å². The van der Waals surface area contributed by atoms with Gasteiger partial charge in [-0.05, 0) is 12.5 Å². The van der Waals surface area contributed by atoms with Crippen LogP contribution in [0, 0.1) is 0 Å². The Balaban J connectivity index is 1.96. The molecule has 0 saturated heterocycles. The highest BCUT2D eigenvalue weighted by Gasteiger charge is 2.18. The standard InChI is InChI=1S/C16H17F2N5O2/c1-3-11(9-6-4-5-7-12(9)25-15(17)18)20-16-21-13-10(14(24)22-16)8-19-23(13)2/h4-8,11,15H,3H2,1-2H3,(H2,20,21,22,24)/t11-/m0/s1.